The van der Waals surface area contributed by atoms with Gasteiger partial charge in [0.25, 0.3) is 5.91 Å². The lowest BCUT2D eigenvalue weighted by molar-refractivity contribution is -0.130. The summed E-state index contributed by atoms with van der Waals surface area (Å²) in [4.78, 5) is 28.7. The van der Waals surface area contributed by atoms with Crippen LogP contribution in [-0.2, 0) is 4.79 Å². The van der Waals surface area contributed by atoms with Gasteiger partial charge in [-0.05, 0) is 43.9 Å². The maximum absolute atomic E-state index is 13.4. The number of aliphatic hydroxyl groups is 1. The molecule has 1 atom stereocenters. The number of rotatable bonds is 6. The highest BCUT2D eigenvalue weighted by molar-refractivity contribution is 5.97. The van der Waals surface area contributed by atoms with Crippen LogP contribution < -0.4 is 9.47 Å². The molecule has 0 bridgehead atoms. The second-order valence-corrected chi connectivity index (χ2v) is 7.85. The zero-order chi connectivity index (χ0) is 20.8. The van der Waals surface area contributed by atoms with E-state index in [4.69, 9.17) is 9.47 Å². The molecule has 0 saturated carbocycles. The molecular weight excluding hydrogens is 372 g/mol. The third-order valence-electron chi connectivity index (χ3n) is 5.95. The van der Waals surface area contributed by atoms with Crippen molar-refractivity contribution in [3.8, 4) is 11.5 Å². The van der Waals surface area contributed by atoms with E-state index in [-0.39, 0.29) is 30.6 Å². The third kappa shape index (κ3) is 5.21. The lowest BCUT2D eigenvalue weighted by atomic mass is 9.98. The summed E-state index contributed by atoms with van der Waals surface area (Å²) >= 11 is 0. The summed E-state index contributed by atoms with van der Waals surface area (Å²) in [6.45, 7) is 3.69. The fourth-order valence-corrected chi connectivity index (χ4v) is 4.25. The first-order chi connectivity index (χ1) is 14.0. The van der Waals surface area contributed by atoms with Crippen molar-refractivity contribution in [1.82, 2.24) is 9.80 Å². The van der Waals surface area contributed by atoms with Crippen molar-refractivity contribution in [3.05, 3.63) is 23.8 Å². The van der Waals surface area contributed by atoms with E-state index in [2.05, 4.69) is 0 Å². The molecule has 3 rings (SSSR count). The highest BCUT2D eigenvalue weighted by Gasteiger charge is 2.30. The zero-order valence-electron chi connectivity index (χ0n) is 17.4. The van der Waals surface area contributed by atoms with E-state index in [1.54, 1.807) is 32.2 Å². The van der Waals surface area contributed by atoms with Gasteiger partial charge in [0.1, 0.15) is 17.6 Å². The molecule has 2 heterocycles. The molecule has 2 fully saturated rings. The molecule has 1 aromatic rings. The number of methoxy groups -OCH3 is 1. The number of amides is 2. The molecule has 0 aliphatic carbocycles. The number of ether oxygens (including phenoxy) is 2. The smallest absolute Gasteiger partial charge is 0.258 e. The van der Waals surface area contributed by atoms with Gasteiger partial charge in [0, 0.05) is 52.0 Å². The summed E-state index contributed by atoms with van der Waals surface area (Å²) in [5.74, 6) is 1.19. The quantitative estimate of drug-likeness (QED) is 0.788. The van der Waals surface area contributed by atoms with Gasteiger partial charge in [-0.1, -0.05) is 0 Å². The van der Waals surface area contributed by atoms with E-state index < -0.39 is 0 Å². The Balaban J connectivity index is 1.78. The van der Waals surface area contributed by atoms with Crippen LogP contribution >= 0.6 is 0 Å². The Morgan fingerprint density at radius 3 is 2.55 bits per heavy atom. The van der Waals surface area contributed by atoms with Gasteiger partial charge in [-0.15, -0.1) is 0 Å². The predicted molar refractivity (Wildman–Crippen MR) is 109 cm³/mol. The summed E-state index contributed by atoms with van der Waals surface area (Å²) in [6.07, 6.45) is 5.01. The average molecular weight is 405 g/mol. The number of aliphatic hydroxyl groups excluding tert-OH is 1. The van der Waals surface area contributed by atoms with Gasteiger partial charge in [0.2, 0.25) is 5.91 Å². The van der Waals surface area contributed by atoms with Crippen molar-refractivity contribution in [2.24, 2.45) is 0 Å². The Hall–Kier alpha value is -2.28. The highest BCUT2D eigenvalue weighted by Crippen LogP contribution is 2.31. The number of hydrogen-bond acceptors (Lipinski definition) is 5. The molecular formula is C22H32N2O5. The molecule has 2 amide bonds. The van der Waals surface area contributed by atoms with E-state index >= 15 is 0 Å². The minimum atomic E-state index is -0.0711. The lowest BCUT2D eigenvalue weighted by Crippen LogP contribution is -2.44. The van der Waals surface area contributed by atoms with Crippen LogP contribution in [-0.4, -0.2) is 72.2 Å². The van der Waals surface area contributed by atoms with Crippen LogP contribution in [0.1, 0.15) is 55.8 Å². The second kappa shape index (κ2) is 9.96. The van der Waals surface area contributed by atoms with Gasteiger partial charge < -0.3 is 24.4 Å². The van der Waals surface area contributed by atoms with E-state index in [9.17, 15) is 14.7 Å². The predicted octanol–water partition coefficient (Wildman–Crippen LogP) is 2.46. The van der Waals surface area contributed by atoms with Crippen LogP contribution in [0, 0.1) is 0 Å². The number of likely N-dealkylation sites (tertiary alicyclic amines) is 2. The van der Waals surface area contributed by atoms with Crippen molar-refractivity contribution < 1.29 is 24.2 Å². The minimum Gasteiger partial charge on any atom is -0.497 e. The molecule has 7 nitrogen and oxygen atoms in total. The monoisotopic (exact) mass is 404 g/mol. The molecule has 1 aromatic carbocycles. The molecule has 7 heteroatoms. The molecule has 2 aliphatic rings. The second-order valence-electron chi connectivity index (χ2n) is 7.85. The fourth-order valence-electron chi connectivity index (χ4n) is 4.25. The molecule has 0 spiro atoms. The van der Waals surface area contributed by atoms with Gasteiger partial charge in [0.15, 0.2) is 0 Å². The van der Waals surface area contributed by atoms with Crippen molar-refractivity contribution in [2.75, 3.05) is 33.4 Å². The van der Waals surface area contributed by atoms with Gasteiger partial charge in [-0.3, -0.25) is 9.59 Å². The molecule has 160 valence electrons. The number of benzene rings is 1. The first kappa shape index (κ1) is 21.4. The van der Waals surface area contributed by atoms with Crippen molar-refractivity contribution in [1.29, 1.82) is 0 Å². The van der Waals surface area contributed by atoms with Crippen LogP contribution in [0.25, 0.3) is 0 Å². The molecule has 0 radical (unpaired) electrons. The SMILES string of the molecule is COc1ccc(OC2CCN(C(C)=O)CC2)c(C(=O)N2CCCC[C@@H]2CCO)c1. The van der Waals surface area contributed by atoms with Gasteiger partial charge in [0.05, 0.1) is 12.7 Å². The Morgan fingerprint density at radius 1 is 1.14 bits per heavy atom. The maximum atomic E-state index is 13.4. The number of nitrogens with zero attached hydrogens (tertiary/aromatic N) is 2. The van der Waals surface area contributed by atoms with Gasteiger partial charge in [-0.2, -0.15) is 0 Å². The molecule has 0 unspecified atom stereocenters. The van der Waals surface area contributed by atoms with E-state index in [0.717, 1.165) is 32.1 Å². The molecule has 29 heavy (non-hydrogen) atoms. The number of carbonyl (C=O) groups excluding carboxylic acids is 2. The summed E-state index contributed by atoms with van der Waals surface area (Å²) in [5, 5.41) is 9.39. The normalized spacial score (nSPS) is 20.4. The molecule has 1 N–H and O–H groups in total. The van der Waals surface area contributed by atoms with Crippen LogP contribution in [0.5, 0.6) is 11.5 Å². The van der Waals surface area contributed by atoms with Gasteiger partial charge >= 0.3 is 0 Å². The first-order valence-electron chi connectivity index (χ1n) is 10.6. The largest absolute Gasteiger partial charge is 0.497 e. The van der Waals surface area contributed by atoms with E-state index in [1.165, 1.54) is 0 Å². The zero-order valence-corrected chi connectivity index (χ0v) is 17.4. The first-order valence-corrected chi connectivity index (χ1v) is 10.6. The van der Waals surface area contributed by atoms with Gasteiger partial charge in [-0.25, -0.2) is 0 Å². The Labute approximate surface area is 172 Å². The van der Waals surface area contributed by atoms with E-state index in [0.29, 0.717) is 43.1 Å². The molecule has 2 saturated heterocycles. The standard InChI is InChI=1S/C22H32N2O5/c1-16(26)23-12-8-18(9-13-23)29-21-7-6-19(28-2)15-20(21)22(27)24-11-4-3-5-17(24)10-14-25/h6-7,15,17-18,25H,3-5,8-14H2,1-2H3/t17-/m1/s1. The number of piperidine rings is 2. The number of carbonyl (C=O) groups is 2. The van der Waals surface area contributed by atoms with Crippen molar-refractivity contribution >= 4 is 11.8 Å². The fraction of sp³-hybridized carbons (Fsp3) is 0.636. The molecule has 0 aromatic heterocycles. The summed E-state index contributed by atoms with van der Waals surface area (Å²) in [6, 6.07) is 5.40. The van der Waals surface area contributed by atoms with Crippen LogP contribution in [0.15, 0.2) is 18.2 Å². The van der Waals surface area contributed by atoms with Crippen LogP contribution in [0.2, 0.25) is 0 Å². The van der Waals surface area contributed by atoms with Crippen LogP contribution in [0.4, 0.5) is 0 Å². The van der Waals surface area contributed by atoms with Crippen molar-refractivity contribution in [3.63, 3.8) is 0 Å². The van der Waals surface area contributed by atoms with Crippen molar-refractivity contribution in [2.45, 2.75) is 57.6 Å². The Morgan fingerprint density at radius 2 is 1.90 bits per heavy atom. The maximum Gasteiger partial charge on any atom is 0.258 e. The summed E-state index contributed by atoms with van der Waals surface area (Å²) < 4.78 is 11.6. The number of hydrogen-bond donors (Lipinski definition) is 1. The lowest BCUT2D eigenvalue weighted by Gasteiger charge is -2.36. The topological polar surface area (TPSA) is 79.3 Å². The molecule has 2 aliphatic heterocycles. The third-order valence-corrected chi connectivity index (χ3v) is 5.95. The summed E-state index contributed by atoms with van der Waals surface area (Å²) in [7, 11) is 1.58. The Kier molecular flexibility index (Phi) is 7.36. The van der Waals surface area contributed by atoms with E-state index in [1.807, 2.05) is 9.80 Å². The Bertz CT molecular complexity index is 713. The summed E-state index contributed by atoms with van der Waals surface area (Å²) in [5.41, 5.74) is 0.503. The average Bonchev–Trinajstić information content (AvgIpc) is 2.74. The highest BCUT2D eigenvalue weighted by atomic mass is 16.5. The minimum absolute atomic E-state index is 0.0276. The van der Waals surface area contributed by atoms with Crippen LogP contribution in [0.3, 0.4) is 0 Å².